The van der Waals surface area contributed by atoms with Gasteiger partial charge in [-0.3, -0.25) is 0 Å². The molecule has 36 heavy (non-hydrogen) atoms. The van der Waals surface area contributed by atoms with E-state index in [2.05, 4.69) is 50.2 Å². The van der Waals surface area contributed by atoms with E-state index in [1.54, 1.807) is 30.3 Å². The third kappa shape index (κ3) is 6.79. The highest BCUT2D eigenvalue weighted by Crippen LogP contribution is 2.22. The summed E-state index contributed by atoms with van der Waals surface area (Å²) in [5.41, 5.74) is 5.36. The number of halogens is 1. The SMILES string of the molecule is CCCc1ccc(OC(=O)c2ccc(C=Cc3ccc(C[C@H](C)c4ccccc4)cc3)c(F)c2)cc1. The minimum Gasteiger partial charge on any atom is -0.423 e. The number of carbonyl (C=O) groups excluding carboxylic acids is 1. The molecule has 4 aromatic rings. The van der Waals surface area contributed by atoms with Crippen molar-refractivity contribution in [3.05, 3.63) is 136 Å². The van der Waals surface area contributed by atoms with Crippen LogP contribution in [0.3, 0.4) is 0 Å². The number of hydrogen-bond acceptors (Lipinski definition) is 2. The lowest BCUT2D eigenvalue weighted by Gasteiger charge is -2.12. The van der Waals surface area contributed by atoms with Gasteiger partial charge in [0.25, 0.3) is 0 Å². The largest absolute Gasteiger partial charge is 0.423 e. The molecule has 0 aliphatic carbocycles. The Bertz CT molecular complexity index is 1310. The summed E-state index contributed by atoms with van der Waals surface area (Å²) in [6, 6.07) is 30.6. The molecule has 0 N–H and O–H groups in total. The summed E-state index contributed by atoms with van der Waals surface area (Å²) in [6.45, 7) is 4.35. The van der Waals surface area contributed by atoms with Crippen molar-refractivity contribution in [2.24, 2.45) is 0 Å². The number of rotatable bonds is 9. The van der Waals surface area contributed by atoms with Crippen LogP contribution in [0.5, 0.6) is 5.75 Å². The summed E-state index contributed by atoms with van der Waals surface area (Å²) >= 11 is 0. The first-order chi connectivity index (χ1) is 17.5. The Morgan fingerprint density at radius 3 is 2.22 bits per heavy atom. The second-order valence-corrected chi connectivity index (χ2v) is 9.11. The normalized spacial score (nSPS) is 12.0. The number of aryl methyl sites for hydroxylation is 1. The summed E-state index contributed by atoms with van der Waals surface area (Å²) < 4.78 is 20.1. The van der Waals surface area contributed by atoms with Crippen LogP contribution in [-0.2, 0) is 12.8 Å². The molecule has 0 fully saturated rings. The lowest BCUT2D eigenvalue weighted by Crippen LogP contribution is -2.09. The zero-order chi connectivity index (χ0) is 25.3. The van der Waals surface area contributed by atoms with Crippen LogP contribution in [0, 0.1) is 5.82 Å². The number of hydrogen-bond donors (Lipinski definition) is 0. The van der Waals surface area contributed by atoms with Crippen LogP contribution < -0.4 is 4.74 Å². The third-order valence-electron chi connectivity index (χ3n) is 6.25. The maximum Gasteiger partial charge on any atom is 0.343 e. The van der Waals surface area contributed by atoms with Crippen molar-refractivity contribution in [2.75, 3.05) is 0 Å². The zero-order valence-electron chi connectivity index (χ0n) is 20.8. The first kappa shape index (κ1) is 25.1. The average molecular weight is 479 g/mol. The first-order valence-corrected chi connectivity index (χ1v) is 12.4. The quantitative estimate of drug-likeness (QED) is 0.137. The van der Waals surface area contributed by atoms with Gasteiger partial charge in [0.2, 0.25) is 0 Å². The van der Waals surface area contributed by atoms with Crippen molar-refractivity contribution in [3.8, 4) is 5.75 Å². The Kier molecular flexibility index (Phi) is 8.46. The maximum absolute atomic E-state index is 14.7. The molecule has 0 bridgehead atoms. The van der Waals surface area contributed by atoms with E-state index < -0.39 is 11.8 Å². The van der Waals surface area contributed by atoms with Gasteiger partial charge in [-0.2, -0.15) is 0 Å². The van der Waals surface area contributed by atoms with E-state index in [0.29, 0.717) is 17.2 Å². The van der Waals surface area contributed by atoms with Crippen LogP contribution in [-0.4, -0.2) is 5.97 Å². The van der Waals surface area contributed by atoms with Crippen molar-refractivity contribution < 1.29 is 13.9 Å². The molecule has 0 saturated heterocycles. The lowest BCUT2D eigenvalue weighted by molar-refractivity contribution is 0.0734. The van der Waals surface area contributed by atoms with Gasteiger partial charge in [0.05, 0.1) is 5.56 Å². The van der Waals surface area contributed by atoms with Crippen LogP contribution in [0.4, 0.5) is 4.39 Å². The van der Waals surface area contributed by atoms with Crippen molar-refractivity contribution in [1.29, 1.82) is 0 Å². The topological polar surface area (TPSA) is 26.3 Å². The maximum atomic E-state index is 14.7. The monoisotopic (exact) mass is 478 g/mol. The second kappa shape index (κ2) is 12.1. The highest BCUT2D eigenvalue weighted by Gasteiger charge is 2.12. The summed E-state index contributed by atoms with van der Waals surface area (Å²) in [7, 11) is 0. The Hall–Kier alpha value is -3.98. The summed E-state index contributed by atoms with van der Waals surface area (Å²) in [5.74, 6) is -0.154. The standard InChI is InChI=1S/C33H31FO2/c1-3-7-25-15-20-31(21-16-25)36-33(35)30-19-18-29(32(34)23-30)17-14-26-10-12-27(13-11-26)22-24(2)28-8-5-4-6-9-28/h4-6,8-21,23-24H,3,7,22H2,1-2H3/t24-/m0/s1. The molecule has 0 radical (unpaired) electrons. The fraction of sp³-hybridized carbons (Fsp3) is 0.182. The Morgan fingerprint density at radius 2 is 1.56 bits per heavy atom. The van der Waals surface area contributed by atoms with E-state index in [-0.39, 0.29) is 5.56 Å². The van der Waals surface area contributed by atoms with E-state index >= 15 is 0 Å². The van der Waals surface area contributed by atoms with E-state index in [1.807, 2.05) is 36.4 Å². The van der Waals surface area contributed by atoms with E-state index in [9.17, 15) is 9.18 Å². The molecule has 4 aromatic carbocycles. The fourth-order valence-electron chi connectivity index (χ4n) is 4.17. The molecule has 0 aliphatic rings. The minimum absolute atomic E-state index is 0.180. The molecule has 0 aliphatic heterocycles. The smallest absolute Gasteiger partial charge is 0.343 e. The van der Waals surface area contributed by atoms with Gasteiger partial charge in [-0.25, -0.2) is 9.18 Å². The van der Waals surface area contributed by atoms with Gasteiger partial charge in [-0.05, 0) is 65.3 Å². The van der Waals surface area contributed by atoms with Crippen LogP contribution in [0.1, 0.15) is 64.4 Å². The third-order valence-corrected chi connectivity index (χ3v) is 6.25. The molecule has 0 amide bonds. The van der Waals surface area contributed by atoms with E-state index in [0.717, 1.165) is 24.8 Å². The van der Waals surface area contributed by atoms with Crippen LogP contribution in [0.2, 0.25) is 0 Å². The van der Waals surface area contributed by atoms with Gasteiger partial charge in [-0.15, -0.1) is 0 Å². The molecule has 3 heteroatoms. The average Bonchev–Trinajstić information content (AvgIpc) is 2.90. The Labute approximate surface area is 213 Å². The van der Waals surface area contributed by atoms with Crippen LogP contribution in [0.25, 0.3) is 12.2 Å². The molecule has 0 aromatic heterocycles. The van der Waals surface area contributed by atoms with Crippen molar-refractivity contribution in [3.63, 3.8) is 0 Å². The van der Waals surface area contributed by atoms with Crippen molar-refractivity contribution >= 4 is 18.1 Å². The lowest BCUT2D eigenvalue weighted by atomic mass is 9.93. The zero-order valence-corrected chi connectivity index (χ0v) is 20.8. The molecular weight excluding hydrogens is 447 g/mol. The highest BCUT2D eigenvalue weighted by molar-refractivity contribution is 5.91. The summed E-state index contributed by atoms with van der Waals surface area (Å²) in [5, 5.41) is 0. The van der Waals surface area contributed by atoms with Gasteiger partial charge in [0.1, 0.15) is 11.6 Å². The number of esters is 1. The summed E-state index contributed by atoms with van der Waals surface area (Å²) in [4.78, 5) is 12.5. The van der Waals surface area contributed by atoms with Crippen molar-refractivity contribution in [2.45, 2.75) is 39.0 Å². The van der Waals surface area contributed by atoms with E-state index in [4.69, 9.17) is 4.74 Å². The molecule has 0 spiro atoms. The number of carbonyl (C=O) groups is 1. The van der Waals surface area contributed by atoms with Crippen LogP contribution >= 0.6 is 0 Å². The Morgan fingerprint density at radius 1 is 0.861 bits per heavy atom. The molecule has 0 saturated carbocycles. The van der Waals surface area contributed by atoms with Gasteiger partial charge < -0.3 is 4.74 Å². The molecule has 182 valence electrons. The number of ether oxygens (including phenoxy) is 1. The van der Waals surface area contributed by atoms with Crippen molar-refractivity contribution in [1.82, 2.24) is 0 Å². The predicted molar refractivity (Wildman–Crippen MR) is 146 cm³/mol. The summed E-state index contributed by atoms with van der Waals surface area (Å²) in [6.07, 6.45) is 6.59. The predicted octanol–water partition coefficient (Wildman–Crippen LogP) is 8.51. The van der Waals surface area contributed by atoms with Gasteiger partial charge in [-0.1, -0.05) is 105 Å². The van der Waals surface area contributed by atoms with Crippen LogP contribution in [0.15, 0.2) is 97.1 Å². The van der Waals surface area contributed by atoms with Gasteiger partial charge in [0.15, 0.2) is 0 Å². The van der Waals surface area contributed by atoms with Gasteiger partial charge >= 0.3 is 5.97 Å². The van der Waals surface area contributed by atoms with Gasteiger partial charge in [0, 0.05) is 5.56 Å². The fourth-order valence-corrected chi connectivity index (χ4v) is 4.17. The molecular formula is C33H31FO2. The number of benzene rings is 4. The second-order valence-electron chi connectivity index (χ2n) is 9.11. The first-order valence-electron chi connectivity index (χ1n) is 12.4. The van der Waals surface area contributed by atoms with E-state index in [1.165, 1.54) is 22.8 Å². The molecule has 0 heterocycles. The molecule has 2 nitrogen and oxygen atoms in total. The Balaban J connectivity index is 1.36. The molecule has 0 unspecified atom stereocenters. The minimum atomic E-state index is -0.576. The molecule has 4 rings (SSSR count). The molecule has 1 atom stereocenters. The highest BCUT2D eigenvalue weighted by atomic mass is 19.1.